The smallest absolute Gasteiger partial charge is 0.295 e. The van der Waals surface area contributed by atoms with Crippen LogP contribution < -0.4 is 31.1 Å². The minimum Gasteiger partial charge on any atom is -0.395 e. The summed E-state index contributed by atoms with van der Waals surface area (Å²) in [5, 5.41) is 49.7. The van der Waals surface area contributed by atoms with Gasteiger partial charge in [-0.05, 0) is 71.8 Å². The number of benzene rings is 4. The van der Waals surface area contributed by atoms with Crippen LogP contribution in [0.25, 0.3) is 12.2 Å². The fraction of sp³-hybridized carbons (Fsp3) is 0.200. The zero-order valence-electron chi connectivity index (χ0n) is 37.9. The number of aliphatic hydroxyl groups excluding tert-OH is 4. The van der Waals surface area contributed by atoms with Gasteiger partial charge in [-0.15, -0.1) is 0 Å². The molecule has 0 fully saturated rings. The molecule has 4 aromatic carbocycles. The van der Waals surface area contributed by atoms with Crippen molar-refractivity contribution >= 4 is 141 Å². The Kier molecular flexibility index (Phi) is 19.6. The van der Waals surface area contributed by atoms with E-state index in [4.69, 9.17) is 0 Å². The number of aromatic nitrogens is 6. The molecule has 28 nitrogen and oxygen atoms in total. The van der Waals surface area contributed by atoms with Gasteiger partial charge in [0.15, 0.2) is 0 Å². The zero-order valence-corrected chi connectivity index (χ0v) is 43.2. The van der Waals surface area contributed by atoms with Crippen LogP contribution in [0.2, 0.25) is 0 Å². The van der Waals surface area contributed by atoms with Crippen molar-refractivity contribution in [2.24, 2.45) is 0 Å². The van der Waals surface area contributed by atoms with E-state index in [9.17, 15) is 72.3 Å². The normalized spacial score (nSPS) is 12.0. The van der Waals surface area contributed by atoms with E-state index in [2.05, 4.69) is 51.2 Å². The number of hydrogen-bond donors (Lipinski definition) is 12. The third-order valence-electron chi connectivity index (χ3n) is 9.61. The van der Waals surface area contributed by atoms with Crippen molar-refractivity contribution in [1.29, 1.82) is 0 Å². The van der Waals surface area contributed by atoms with E-state index in [1.165, 1.54) is 58.3 Å². The molecular formula is C40H44N12NaO16S4. The van der Waals surface area contributed by atoms with Gasteiger partial charge < -0.3 is 51.5 Å². The minimum atomic E-state index is -5.04. The molecule has 6 rings (SSSR count). The average molecular weight is 1100 g/mol. The summed E-state index contributed by atoms with van der Waals surface area (Å²) in [6.07, 6.45) is 2.25. The predicted octanol–water partition coefficient (Wildman–Crippen LogP) is 1.39. The molecule has 0 saturated carbocycles. The van der Waals surface area contributed by atoms with E-state index in [0.717, 1.165) is 48.6 Å². The molecule has 6 aromatic rings. The van der Waals surface area contributed by atoms with Crippen LogP contribution in [0.1, 0.15) is 11.1 Å². The first-order valence-electron chi connectivity index (χ1n) is 20.6. The van der Waals surface area contributed by atoms with Crippen LogP contribution in [-0.2, 0) is 40.5 Å². The molecular weight excluding hydrogens is 1060 g/mol. The first kappa shape index (κ1) is 57.8. The quantitative estimate of drug-likeness (QED) is 0.0231. The van der Waals surface area contributed by atoms with E-state index in [-0.39, 0.29) is 125 Å². The predicted molar refractivity (Wildman–Crippen MR) is 265 cm³/mol. The fourth-order valence-corrected chi connectivity index (χ4v) is 8.93. The maximum atomic E-state index is 12.8. The van der Waals surface area contributed by atoms with E-state index in [1.807, 2.05) is 0 Å². The summed E-state index contributed by atoms with van der Waals surface area (Å²) in [5.74, 6) is -1.18. The SMILES string of the molecule is O=S(=O)(O)c1cccc(Nc2nc(Nc3ccc(C=Cc4ccc(Nc5nc(Nc6cccc(S(=O)(=O)O)c6)nc(N(CCO)CCO)n5)cc4S(=O)(=O)O)c(S(=O)(=O)O)c3)nc(N(CCO)CCO)n2)c1.[Na]. The van der Waals surface area contributed by atoms with Gasteiger partial charge in [-0.25, -0.2) is 0 Å². The van der Waals surface area contributed by atoms with Crippen LogP contribution in [0.5, 0.6) is 0 Å². The number of aliphatic hydroxyl groups is 4. The van der Waals surface area contributed by atoms with Crippen LogP contribution in [0.4, 0.5) is 58.4 Å². The zero-order chi connectivity index (χ0) is 52.4. The molecule has 0 spiro atoms. The molecule has 33 heteroatoms. The number of nitrogens with one attached hydrogen (secondary N) is 4. The van der Waals surface area contributed by atoms with Crippen LogP contribution in [0.3, 0.4) is 0 Å². The molecule has 0 atom stereocenters. The molecule has 0 saturated heterocycles. The van der Waals surface area contributed by atoms with Gasteiger partial charge in [0.05, 0.1) is 36.2 Å². The Morgan fingerprint density at radius 3 is 0.986 bits per heavy atom. The van der Waals surface area contributed by atoms with Crippen molar-refractivity contribution in [2.75, 3.05) is 83.7 Å². The summed E-state index contributed by atoms with van der Waals surface area (Å²) in [6, 6.07) is 17.0. The summed E-state index contributed by atoms with van der Waals surface area (Å²) in [4.78, 5) is 26.1. The molecule has 0 amide bonds. The standard InChI is InChI=1S/C40H44N12O16S4.Na/c53-17-13-51(14-18-54)39-47-35(41-27-3-1-5-31(21-27)69(57,58)59)45-37(49-39)43-29-11-9-25(33(23-29)71(63,64)65)7-8-26-10-12-30(24-34(26)72(66,67)68)44-38-46-36(48-40(50-38)52(15-19-55)16-20-56)42-28-4-2-6-32(22-28)70(60,61)62;/h1-12,21-24,53-56H,13-20H2,(H,57,58,59)(H,60,61,62)(H,63,64,65)(H,66,67,68)(H2,41,43,45,47,49)(H2,42,44,46,48,50);. The molecule has 0 aliphatic rings. The molecule has 2 aromatic heterocycles. The molecule has 1 radical (unpaired) electrons. The van der Waals surface area contributed by atoms with Gasteiger partial charge in [0.25, 0.3) is 40.5 Å². The minimum absolute atomic E-state index is 0. The van der Waals surface area contributed by atoms with E-state index in [0.29, 0.717) is 0 Å². The van der Waals surface area contributed by atoms with Crippen molar-refractivity contribution < 1.29 is 72.3 Å². The summed E-state index contributed by atoms with van der Waals surface area (Å²) in [5.41, 5.74) is -0.244. The Morgan fingerprint density at radius 2 is 0.712 bits per heavy atom. The van der Waals surface area contributed by atoms with Gasteiger partial charge in [0.1, 0.15) is 9.79 Å². The van der Waals surface area contributed by atoms with Crippen LogP contribution in [-0.4, -0.2) is 184 Å². The molecule has 2 heterocycles. The topological polar surface area (TPSA) is 430 Å². The second-order valence-corrected chi connectivity index (χ2v) is 20.4. The number of rotatable bonds is 24. The van der Waals surface area contributed by atoms with Gasteiger partial charge in [-0.2, -0.15) is 63.6 Å². The van der Waals surface area contributed by atoms with Crippen LogP contribution in [0.15, 0.2) is 105 Å². The van der Waals surface area contributed by atoms with Crippen LogP contribution in [0, 0.1) is 0 Å². The van der Waals surface area contributed by atoms with Crippen molar-refractivity contribution in [1.82, 2.24) is 29.9 Å². The Morgan fingerprint density at radius 1 is 0.411 bits per heavy atom. The van der Waals surface area contributed by atoms with Crippen molar-refractivity contribution in [3.05, 3.63) is 96.1 Å². The van der Waals surface area contributed by atoms with Gasteiger partial charge in [-0.3, -0.25) is 18.2 Å². The Bertz CT molecular complexity index is 3200. The Hall–Kier alpha value is -6.08. The summed E-state index contributed by atoms with van der Waals surface area (Å²) in [6.45, 7) is -1.83. The van der Waals surface area contributed by atoms with Crippen molar-refractivity contribution in [2.45, 2.75) is 19.6 Å². The van der Waals surface area contributed by atoms with Crippen molar-refractivity contribution in [3.8, 4) is 0 Å². The van der Waals surface area contributed by atoms with Crippen LogP contribution >= 0.6 is 0 Å². The van der Waals surface area contributed by atoms with Crippen molar-refractivity contribution in [3.63, 3.8) is 0 Å². The molecule has 12 N–H and O–H groups in total. The molecule has 385 valence electrons. The number of hydrogen-bond acceptors (Lipinski definition) is 24. The first-order valence-corrected chi connectivity index (χ1v) is 26.3. The van der Waals surface area contributed by atoms with Gasteiger partial charge >= 0.3 is 0 Å². The monoisotopic (exact) mass is 1100 g/mol. The Balaban J connectivity index is 0.00000988. The average Bonchev–Trinajstić information content (AvgIpc) is 3.30. The molecule has 73 heavy (non-hydrogen) atoms. The first-order chi connectivity index (χ1) is 34.0. The largest absolute Gasteiger partial charge is 0.395 e. The molecule has 0 aliphatic carbocycles. The number of nitrogens with zero attached hydrogens (tertiary/aromatic N) is 8. The number of anilines is 10. The molecule has 0 unspecified atom stereocenters. The summed E-state index contributed by atoms with van der Waals surface area (Å²) in [7, 11) is -19.3. The van der Waals surface area contributed by atoms with E-state index >= 15 is 0 Å². The molecule has 0 aliphatic heterocycles. The third-order valence-corrected chi connectivity index (χ3v) is 13.1. The maximum Gasteiger partial charge on any atom is 0.295 e. The summed E-state index contributed by atoms with van der Waals surface area (Å²) >= 11 is 0. The fourth-order valence-electron chi connectivity index (χ4n) is 6.45. The second kappa shape index (κ2) is 24.8. The molecule has 0 bridgehead atoms. The third kappa shape index (κ3) is 16.2. The second-order valence-electron chi connectivity index (χ2n) is 14.7. The van der Waals surface area contributed by atoms with Gasteiger partial charge in [0.2, 0.25) is 35.7 Å². The van der Waals surface area contributed by atoms with E-state index in [1.54, 1.807) is 0 Å². The van der Waals surface area contributed by atoms with Gasteiger partial charge in [-0.1, -0.05) is 36.4 Å². The summed E-state index contributed by atoms with van der Waals surface area (Å²) < 4.78 is 138. The van der Waals surface area contributed by atoms with Gasteiger partial charge in [0, 0.05) is 78.5 Å². The van der Waals surface area contributed by atoms with E-state index < -0.39 is 86.5 Å². The Labute approximate surface area is 439 Å². The maximum absolute atomic E-state index is 12.8.